The highest BCUT2D eigenvalue weighted by Gasteiger charge is 2.64. The topological polar surface area (TPSA) is 105 Å². The molecular formula is C17H20N2O6S. The summed E-state index contributed by atoms with van der Waals surface area (Å²) in [4.78, 5) is 38.1. The number of nitrogens with one attached hydrogen (secondary N) is 1. The maximum Gasteiger partial charge on any atom is 0.327 e. The van der Waals surface area contributed by atoms with Crippen molar-refractivity contribution >= 4 is 29.5 Å². The van der Waals surface area contributed by atoms with E-state index in [4.69, 9.17) is 9.47 Å². The van der Waals surface area contributed by atoms with Gasteiger partial charge in [-0.05, 0) is 26.0 Å². The Morgan fingerprint density at radius 1 is 1.23 bits per heavy atom. The van der Waals surface area contributed by atoms with Crippen LogP contribution in [0.3, 0.4) is 0 Å². The number of carbonyl (C=O) groups is 3. The average molecular weight is 380 g/mol. The third kappa shape index (κ3) is 2.66. The predicted molar refractivity (Wildman–Crippen MR) is 94.5 cm³/mol. The number of carboxylic acid groups (broad SMARTS) is 1. The Balaban J connectivity index is 1.83. The molecule has 1 aromatic rings. The number of benzene rings is 1. The molecule has 0 spiro atoms. The first kappa shape index (κ1) is 18.4. The van der Waals surface area contributed by atoms with Crippen LogP contribution in [0.25, 0.3) is 0 Å². The molecule has 0 saturated carbocycles. The summed E-state index contributed by atoms with van der Waals surface area (Å²) in [6.07, 6.45) is 0. The van der Waals surface area contributed by atoms with Gasteiger partial charge in [-0.15, -0.1) is 11.8 Å². The molecule has 0 aliphatic carbocycles. The summed E-state index contributed by atoms with van der Waals surface area (Å²) in [7, 11) is 2.88. The van der Waals surface area contributed by atoms with Crippen LogP contribution < -0.4 is 14.8 Å². The first-order valence-electron chi connectivity index (χ1n) is 7.97. The van der Waals surface area contributed by atoms with Gasteiger partial charge < -0.3 is 24.8 Å². The lowest BCUT2D eigenvalue weighted by Crippen LogP contribution is -2.70. The minimum absolute atomic E-state index is 0.195. The molecule has 2 saturated heterocycles. The zero-order chi connectivity index (χ0) is 19.2. The minimum atomic E-state index is -1.05. The number of hydrogen-bond acceptors (Lipinski definition) is 6. The number of hydrogen-bond donors (Lipinski definition) is 2. The fourth-order valence-corrected chi connectivity index (χ4v) is 5.06. The summed E-state index contributed by atoms with van der Waals surface area (Å²) in [5, 5.41) is 11.7. The Labute approximate surface area is 154 Å². The molecule has 140 valence electrons. The van der Waals surface area contributed by atoms with Crippen LogP contribution in [0.5, 0.6) is 11.5 Å². The molecule has 0 aromatic heterocycles. The molecule has 2 heterocycles. The van der Waals surface area contributed by atoms with Gasteiger partial charge in [0.15, 0.2) is 0 Å². The van der Waals surface area contributed by atoms with E-state index < -0.39 is 40.0 Å². The summed E-state index contributed by atoms with van der Waals surface area (Å²) in [6.45, 7) is 3.56. The van der Waals surface area contributed by atoms with Gasteiger partial charge in [0, 0.05) is 4.75 Å². The highest BCUT2D eigenvalue weighted by atomic mass is 32.2. The number of ether oxygens (including phenoxy) is 2. The summed E-state index contributed by atoms with van der Waals surface area (Å²) in [6, 6.07) is 3.24. The Hall–Kier alpha value is -2.42. The van der Waals surface area contributed by atoms with Gasteiger partial charge in [0.1, 0.15) is 34.5 Å². The zero-order valence-corrected chi connectivity index (χ0v) is 15.6. The van der Waals surface area contributed by atoms with E-state index in [1.807, 2.05) is 0 Å². The number of carboxylic acids is 1. The standard InChI is InChI=1S/C17H20N2O6S/c1-17(2)12(16(22)23)19-14(21)11(15(19)26-17)18-13(20)10-8(24-3)6-5-7-9(10)25-4/h5-7,11-12,15H,1-4H3,(H,18,20)(H,22,23)/t11?,12?,15-/m0/s1. The molecule has 2 aliphatic heterocycles. The van der Waals surface area contributed by atoms with Gasteiger partial charge in [-0.2, -0.15) is 0 Å². The molecular weight excluding hydrogens is 360 g/mol. The molecule has 2 N–H and O–H groups in total. The van der Waals surface area contributed by atoms with Crippen LogP contribution in [0.1, 0.15) is 24.2 Å². The van der Waals surface area contributed by atoms with Crippen molar-refractivity contribution in [1.82, 2.24) is 10.2 Å². The number of amides is 2. The fourth-order valence-electron chi connectivity index (χ4n) is 3.43. The Bertz CT molecular complexity index is 758. The second-order valence-corrected chi connectivity index (χ2v) is 8.36. The van der Waals surface area contributed by atoms with Gasteiger partial charge in [-0.3, -0.25) is 9.59 Å². The monoisotopic (exact) mass is 380 g/mol. The van der Waals surface area contributed by atoms with Crippen LogP contribution in [0, 0.1) is 0 Å². The van der Waals surface area contributed by atoms with Crippen LogP contribution in [0.2, 0.25) is 0 Å². The summed E-state index contributed by atoms with van der Waals surface area (Å²) < 4.78 is 9.79. The van der Waals surface area contributed by atoms with E-state index in [1.165, 1.54) is 30.9 Å². The van der Waals surface area contributed by atoms with Gasteiger partial charge in [0.05, 0.1) is 14.2 Å². The molecule has 2 aliphatic rings. The van der Waals surface area contributed by atoms with Gasteiger partial charge in [0.25, 0.3) is 5.91 Å². The van der Waals surface area contributed by atoms with Gasteiger partial charge in [-0.1, -0.05) is 6.07 Å². The third-order valence-corrected chi connectivity index (χ3v) is 6.19. The third-order valence-electron chi connectivity index (χ3n) is 4.62. The number of methoxy groups -OCH3 is 2. The number of thioether (sulfide) groups is 1. The number of fused-ring (bicyclic) bond motifs is 1. The normalized spacial score (nSPS) is 25.9. The number of carbonyl (C=O) groups excluding carboxylic acids is 2. The van der Waals surface area contributed by atoms with Gasteiger partial charge >= 0.3 is 5.97 Å². The average Bonchev–Trinajstić information content (AvgIpc) is 2.86. The zero-order valence-electron chi connectivity index (χ0n) is 14.8. The van der Waals surface area contributed by atoms with Crippen molar-refractivity contribution < 1.29 is 29.0 Å². The molecule has 3 atom stereocenters. The number of β-lactam (4-membered cyclic amide) rings is 1. The van der Waals surface area contributed by atoms with E-state index in [1.54, 1.807) is 32.0 Å². The Morgan fingerprint density at radius 3 is 2.31 bits per heavy atom. The lowest BCUT2D eigenvalue weighted by atomic mass is 9.96. The van der Waals surface area contributed by atoms with E-state index >= 15 is 0 Å². The van der Waals surface area contributed by atoms with Crippen LogP contribution in [-0.2, 0) is 9.59 Å². The van der Waals surface area contributed by atoms with Crippen LogP contribution >= 0.6 is 11.8 Å². The molecule has 0 bridgehead atoms. The van der Waals surface area contributed by atoms with Crippen molar-refractivity contribution in [2.75, 3.05) is 14.2 Å². The molecule has 1 aromatic carbocycles. The van der Waals surface area contributed by atoms with Crippen LogP contribution in [0.4, 0.5) is 0 Å². The lowest BCUT2D eigenvalue weighted by Gasteiger charge is -2.43. The molecule has 2 fully saturated rings. The molecule has 26 heavy (non-hydrogen) atoms. The van der Waals surface area contributed by atoms with Gasteiger partial charge in [-0.25, -0.2) is 4.79 Å². The number of rotatable bonds is 5. The second kappa shape index (κ2) is 6.39. The van der Waals surface area contributed by atoms with Crippen molar-refractivity contribution in [3.63, 3.8) is 0 Å². The van der Waals surface area contributed by atoms with Crippen LogP contribution in [0.15, 0.2) is 18.2 Å². The molecule has 0 radical (unpaired) electrons. The minimum Gasteiger partial charge on any atom is -0.496 e. The Kier molecular flexibility index (Phi) is 4.51. The summed E-state index contributed by atoms with van der Waals surface area (Å²) in [5.74, 6) is -1.30. The Morgan fingerprint density at radius 2 is 1.81 bits per heavy atom. The first-order valence-corrected chi connectivity index (χ1v) is 8.85. The summed E-state index contributed by atoms with van der Waals surface area (Å²) in [5.41, 5.74) is 0.195. The van der Waals surface area contributed by atoms with E-state index in [-0.39, 0.29) is 5.56 Å². The van der Waals surface area contributed by atoms with Crippen molar-refractivity contribution in [3.8, 4) is 11.5 Å². The summed E-state index contributed by atoms with van der Waals surface area (Å²) >= 11 is 1.37. The van der Waals surface area contributed by atoms with Crippen molar-refractivity contribution in [3.05, 3.63) is 23.8 Å². The highest BCUT2D eigenvalue weighted by Crippen LogP contribution is 2.50. The quantitative estimate of drug-likeness (QED) is 0.733. The maximum absolute atomic E-state index is 12.8. The molecule has 2 amide bonds. The highest BCUT2D eigenvalue weighted by molar-refractivity contribution is 8.01. The molecule has 9 heteroatoms. The van der Waals surface area contributed by atoms with Gasteiger partial charge in [0.2, 0.25) is 5.91 Å². The molecule has 8 nitrogen and oxygen atoms in total. The SMILES string of the molecule is COc1cccc(OC)c1C(=O)NC1C(=O)N2C(C(=O)O)C(C)(C)S[C@@H]12. The predicted octanol–water partition coefficient (Wildman–Crippen LogP) is 0.949. The number of aliphatic carboxylic acids is 1. The van der Waals surface area contributed by atoms with E-state index in [2.05, 4.69) is 5.32 Å². The number of nitrogens with zero attached hydrogens (tertiary/aromatic N) is 1. The van der Waals surface area contributed by atoms with Crippen molar-refractivity contribution in [2.45, 2.75) is 36.1 Å². The van der Waals surface area contributed by atoms with E-state index in [0.29, 0.717) is 11.5 Å². The van der Waals surface area contributed by atoms with Crippen molar-refractivity contribution in [1.29, 1.82) is 0 Å². The van der Waals surface area contributed by atoms with E-state index in [9.17, 15) is 19.5 Å². The maximum atomic E-state index is 12.8. The van der Waals surface area contributed by atoms with Crippen LogP contribution in [-0.4, -0.2) is 64.2 Å². The smallest absolute Gasteiger partial charge is 0.327 e. The first-order chi connectivity index (χ1) is 12.2. The lowest BCUT2D eigenvalue weighted by molar-refractivity contribution is -0.159. The molecule has 3 rings (SSSR count). The van der Waals surface area contributed by atoms with Crippen molar-refractivity contribution in [2.24, 2.45) is 0 Å². The van der Waals surface area contributed by atoms with E-state index in [0.717, 1.165) is 0 Å². The molecule has 2 unspecified atom stereocenters. The largest absolute Gasteiger partial charge is 0.496 e. The second-order valence-electron chi connectivity index (χ2n) is 6.59. The fraction of sp³-hybridized carbons (Fsp3) is 0.471.